The molecular weight excluding hydrogens is 434 g/mol. The number of carbonyl (C=O) groups excluding carboxylic acids is 1. The van der Waals surface area contributed by atoms with Crippen LogP contribution in [-0.2, 0) is 10.3 Å². The third kappa shape index (κ3) is 3.52. The highest BCUT2D eigenvalue weighted by atomic mass is 32.2. The Labute approximate surface area is 188 Å². The van der Waals surface area contributed by atoms with Crippen molar-refractivity contribution in [3.8, 4) is 0 Å². The van der Waals surface area contributed by atoms with Crippen LogP contribution in [0.1, 0.15) is 30.2 Å². The second kappa shape index (κ2) is 7.67. The van der Waals surface area contributed by atoms with Crippen LogP contribution >= 0.6 is 11.8 Å². The Morgan fingerprint density at radius 3 is 2.72 bits per heavy atom. The van der Waals surface area contributed by atoms with Crippen LogP contribution in [0.4, 0.5) is 14.6 Å². The largest absolute Gasteiger partial charge is 0.378 e. The zero-order valence-corrected chi connectivity index (χ0v) is 18.5. The van der Waals surface area contributed by atoms with E-state index in [-0.39, 0.29) is 34.1 Å². The Kier molecular flexibility index (Phi) is 5.25. The number of carbonyl (C=O) groups is 1. The number of aromatic nitrogens is 2. The lowest BCUT2D eigenvalue weighted by molar-refractivity contribution is -0.129. The number of rotatable bonds is 4. The Bertz CT molecular complexity index is 1210. The lowest BCUT2D eigenvalue weighted by Gasteiger charge is -2.34. The zero-order valence-electron chi connectivity index (χ0n) is 17.6. The number of fused-ring (bicyclic) bond motifs is 1. The van der Waals surface area contributed by atoms with E-state index in [1.165, 1.54) is 53.1 Å². The summed E-state index contributed by atoms with van der Waals surface area (Å²) in [5, 5.41) is 7.54. The quantitative estimate of drug-likeness (QED) is 0.711. The van der Waals surface area contributed by atoms with Crippen molar-refractivity contribution in [3.05, 3.63) is 64.4 Å². The van der Waals surface area contributed by atoms with E-state index in [1.807, 2.05) is 0 Å². The van der Waals surface area contributed by atoms with Gasteiger partial charge in [0, 0.05) is 25.6 Å². The molecule has 0 bridgehead atoms. The molecule has 1 amide bonds. The van der Waals surface area contributed by atoms with Gasteiger partial charge in [-0.2, -0.15) is 0 Å². The molecule has 2 N–H and O–H groups in total. The first kappa shape index (κ1) is 21.9. The summed E-state index contributed by atoms with van der Waals surface area (Å²) in [6, 6.07) is 6.93. The van der Waals surface area contributed by atoms with Crippen LogP contribution in [0.15, 0.2) is 35.3 Å². The molecule has 0 radical (unpaired) electrons. The number of benzene rings is 1. The van der Waals surface area contributed by atoms with Gasteiger partial charge in [-0.1, -0.05) is 29.5 Å². The summed E-state index contributed by atoms with van der Waals surface area (Å²) < 4.78 is 28.9. The Morgan fingerprint density at radius 2 is 2.09 bits per heavy atom. The van der Waals surface area contributed by atoms with Crippen LogP contribution < -0.4 is 5.73 Å². The minimum atomic E-state index is -1.07. The first-order valence-electron chi connectivity index (χ1n) is 9.75. The van der Waals surface area contributed by atoms with E-state index in [0.717, 1.165) is 0 Å². The Morgan fingerprint density at radius 1 is 1.34 bits per heavy atom. The SMILES string of the molecule is [C-]#[N+]c1ccc(/C(F)=C/c2ccc(F)c([C@@]3(C)N=C(N)S[C@@]4(C(=O)N(C)C)C[C@H]43)c2)nn1. The molecule has 0 unspecified atom stereocenters. The molecule has 2 aromatic rings. The fraction of sp³-hybridized carbons (Fsp3) is 0.318. The summed E-state index contributed by atoms with van der Waals surface area (Å²) in [6.07, 6.45) is 1.73. The van der Waals surface area contributed by atoms with E-state index in [2.05, 4.69) is 20.0 Å². The maximum Gasteiger partial charge on any atom is 0.296 e. The standard InChI is InChI=1S/C22H20F2N6OS/c1-21(17-11-22(17,19(31)30(3)4)32-20(25)27-21)13-9-12(5-6-14(13)23)10-15(24)16-7-8-18(26-2)29-28-16/h5-10,17H,11H2,1,3-4H3,(H2,25,27)/b15-10-/t17-,21+,22-/m0/s1. The molecule has 3 atom stereocenters. The summed E-state index contributed by atoms with van der Waals surface area (Å²) >= 11 is 1.22. The van der Waals surface area contributed by atoms with E-state index in [9.17, 15) is 13.6 Å². The van der Waals surface area contributed by atoms with Gasteiger partial charge in [0.15, 0.2) is 11.0 Å². The first-order chi connectivity index (χ1) is 15.1. The normalized spacial score (nSPS) is 26.6. The van der Waals surface area contributed by atoms with Gasteiger partial charge in [-0.25, -0.2) is 8.78 Å². The number of nitrogens with zero attached hydrogens (tertiary/aromatic N) is 5. The van der Waals surface area contributed by atoms with Gasteiger partial charge < -0.3 is 15.5 Å². The topological polar surface area (TPSA) is 88.8 Å². The van der Waals surface area contributed by atoms with E-state index in [4.69, 9.17) is 12.3 Å². The van der Waals surface area contributed by atoms with Gasteiger partial charge >= 0.3 is 0 Å². The van der Waals surface area contributed by atoms with Crippen molar-refractivity contribution >= 4 is 40.6 Å². The summed E-state index contributed by atoms with van der Waals surface area (Å²) in [4.78, 5) is 22.0. The molecule has 0 spiro atoms. The number of halogens is 2. The molecular formula is C22H20F2N6OS. The van der Waals surface area contributed by atoms with Crippen LogP contribution in [0.5, 0.6) is 0 Å². The fourth-order valence-corrected chi connectivity index (χ4v) is 5.69. The average molecular weight is 455 g/mol. The highest BCUT2D eigenvalue weighted by molar-refractivity contribution is 8.15. The van der Waals surface area contributed by atoms with Gasteiger partial charge in [0.25, 0.3) is 5.82 Å². The summed E-state index contributed by atoms with van der Waals surface area (Å²) in [7, 11) is 3.35. The number of amidine groups is 1. The predicted octanol–water partition coefficient (Wildman–Crippen LogP) is 3.76. The van der Waals surface area contributed by atoms with Crippen molar-refractivity contribution < 1.29 is 13.6 Å². The third-order valence-corrected chi connectivity index (χ3v) is 7.12. The third-order valence-electron chi connectivity index (χ3n) is 5.82. The number of hydrogen-bond acceptors (Lipinski definition) is 6. The van der Waals surface area contributed by atoms with E-state index >= 15 is 0 Å². The predicted molar refractivity (Wildman–Crippen MR) is 120 cm³/mol. The van der Waals surface area contributed by atoms with Gasteiger partial charge in [0.05, 0.1) is 5.54 Å². The second-order valence-electron chi connectivity index (χ2n) is 8.17. The number of aliphatic imine (C=N–C) groups is 1. The molecule has 164 valence electrons. The maximum absolute atomic E-state index is 15.0. The molecule has 1 fully saturated rings. The van der Waals surface area contributed by atoms with Crippen molar-refractivity contribution in [1.82, 2.24) is 15.1 Å². The molecule has 7 nitrogen and oxygen atoms in total. The number of nitrogens with two attached hydrogens (primary N) is 1. The molecule has 2 heterocycles. The lowest BCUT2D eigenvalue weighted by Crippen LogP contribution is -2.43. The molecule has 1 saturated carbocycles. The number of thioether (sulfide) groups is 1. The van der Waals surface area contributed by atoms with Crippen molar-refractivity contribution in [2.75, 3.05) is 14.1 Å². The van der Waals surface area contributed by atoms with Gasteiger partial charge in [-0.15, -0.1) is 0 Å². The molecule has 1 aliphatic carbocycles. The first-order valence-corrected chi connectivity index (χ1v) is 10.6. The molecule has 1 aliphatic heterocycles. The fourth-order valence-electron chi connectivity index (χ4n) is 4.19. The van der Waals surface area contributed by atoms with Crippen molar-refractivity contribution in [3.63, 3.8) is 0 Å². The summed E-state index contributed by atoms with van der Waals surface area (Å²) in [5.41, 5.74) is 5.60. The maximum atomic E-state index is 15.0. The summed E-state index contributed by atoms with van der Waals surface area (Å²) in [6.45, 7) is 8.65. The molecule has 4 rings (SSSR count). The molecule has 10 heteroatoms. The van der Waals surface area contributed by atoms with Crippen LogP contribution in [0.2, 0.25) is 0 Å². The van der Waals surface area contributed by atoms with Crippen molar-refractivity contribution in [2.45, 2.75) is 23.6 Å². The number of amides is 1. The lowest BCUT2D eigenvalue weighted by atomic mass is 9.84. The van der Waals surface area contributed by atoms with Crippen LogP contribution in [0.3, 0.4) is 0 Å². The molecule has 32 heavy (non-hydrogen) atoms. The monoisotopic (exact) mass is 454 g/mol. The number of hydrogen-bond donors (Lipinski definition) is 1. The summed E-state index contributed by atoms with van der Waals surface area (Å²) in [5.74, 6) is -1.45. The van der Waals surface area contributed by atoms with Crippen molar-refractivity contribution in [2.24, 2.45) is 16.6 Å². The second-order valence-corrected chi connectivity index (χ2v) is 9.52. The molecule has 0 saturated heterocycles. The molecule has 1 aromatic carbocycles. The Balaban J connectivity index is 1.72. The molecule has 2 aliphatic rings. The van der Waals surface area contributed by atoms with E-state index in [1.54, 1.807) is 21.0 Å². The zero-order chi connectivity index (χ0) is 23.3. The van der Waals surface area contributed by atoms with Crippen LogP contribution in [0, 0.1) is 18.3 Å². The molecule has 1 aromatic heterocycles. The van der Waals surface area contributed by atoms with Crippen LogP contribution in [0.25, 0.3) is 16.7 Å². The van der Waals surface area contributed by atoms with Gasteiger partial charge in [-0.3, -0.25) is 9.79 Å². The average Bonchev–Trinajstić information content (AvgIpc) is 3.51. The highest BCUT2D eigenvalue weighted by Gasteiger charge is 2.71. The highest BCUT2D eigenvalue weighted by Crippen LogP contribution is 2.66. The minimum Gasteiger partial charge on any atom is -0.378 e. The van der Waals surface area contributed by atoms with Gasteiger partial charge in [-0.05, 0) is 54.3 Å². The van der Waals surface area contributed by atoms with Gasteiger partial charge in [0.1, 0.15) is 16.3 Å². The van der Waals surface area contributed by atoms with E-state index < -0.39 is 21.9 Å². The van der Waals surface area contributed by atoms with Crippen LogP contribution in [-0.4, -0.2) is 45.0 Å². The minimum absolute atomic E-state index is 0.0383. The van der Waals surface area contributed by atoms with Gasteiger partial charge in [0.2, 0.25) is 5.91 Å². The van der Waals surface area contributed by atoms with E-state index in [0.29, 0.717) is 12.0 Å². The van der Waals surface area contributed by atoms with Crippen molar-refractivity contribution in [1.29, 1.82) is 0 Å². The Hall–Kier alpha value is -3.32. The smallest absolute Gasteiger partial charge is 0.296 e.